The number of fused-ring (bicyclic) bond motifs is 1. The number of carbonyl (C=O) groups excluding carboxylic acids is 1. The summed E-state index contributed by atoms with van der Waals surface area (Å²) in [5.41, 5.74) is 0.0117. The molecule has 2 aromatic rings. The molecule has 1 unspecified atom stereocenters. The van der Waals surface area contributed by atoms with Crippen molar-refractivity contribution >= 4 is 29.6 Å². The summed E-state index contributed by atoms with van der Waals surface area (Å²) in [5.74, 6) is -1.89. The Bertz CT molecular complexity index is 1030. The van der Waals surface area contributed by atoms with Crippen LogP contribution >= 0.6 is 11.6 Å². The number of aliphatic carboxylic acids is 1. The summed E-state index contributed by atoms with van der Waals surface area (Å²) in [6, 6.07) is 9.13. The molecule has 31 heavy (non-hydrogen) atoms. The van der Waals surface area contributed by atoms with Gasteiger partial charge >= 0.3 is 18.1 Å². The molecule has 0 aliphatic carbocycles. The molecule has 3 rings (SSSR count). The third-order valence-corrected chi connectivity index (χ3v) is 4.74. The van der Waals surface area contributed by atoms with E-state index in [1.165, 1.54) is 19.2 Å². The van der Waals surface area contributed by atoms with E-state index < -0.39 is 23.8 Å². The lowest BCUT2D eigenvalue weighted by atomic mass is 10.0. The van der Waals surface area contributed by atoms with Crippen LogP contribution in [0.4, 0.5) is 13.2 Å². The Morgan fingerprint density at radius 1 is 1.19 bits per heavy atom. The second-order valence-electron chi connectivity index (χ2n) is 6.59. The fourth-order valence-electron chi connectivity index (χ4n) is 2.89. The maximum absolute atomic E-state index is 13.2. The molecular weight excluding hydrogens is 441 g/mol. The van der Waals surface area contributed by atoms with Crippen molar-refractivity contribution < 1.29 is 42.1 Å². The molecule has 0 aromatic heterocycles. The molecule has 0 spiro atoms. The third-order valence-electron chi connectivity index (χ3n) is 4.44. The largest absolute Gasteiger partial charge is 0.478 e. The highest BCUT2D eigenvalue weighted by Crippen LogP contribution is 2.42. The van der Waals surface area contributed by atoms with Crippen molar-refractivity contribution in [3.05, 3.63) is 58.1 Å². The molecule has 1 heterocycles. The van der Waals surface area contributed by atoms with Crippen LogP contribution in [0.2, 0.25) is 5.02 Å². The Kier molecular flexibility index (Phi) is 6.45. The molecule has 0 radical (unpaired) electrons. The zero-order valence-electron chi connectivity index (χ0n) is 16.0. The molecule has 0 fully saturated rings. The predicted molar refractivity (Wildman–Crippen MR) is 104 cm³/mol. The molecule has 0 amide bonds. The first kappa shape index (κ1) is 22.5. The molecule has 10 heteroatoms. The van der Waals surface area contributed by atoms with E-state index in [9.17, 15) is 22.8 Å². The number of carboxylic acids is 1. The summed E-state index contributed by atoms with van der Waals surface area (Å²) >= 11 is 6.17. The first-order chi connectivity index (χ1) is 14.6. The highest BCUT2D eigenvalue weighted by molar-refractivity contribution is 6.32. The topological polar surface area (TPSA) is 82.1 Å². The number of esters is 1. The third kappa shape index (κ3) is 5.29. The zero-order chi connectivity index (χ0) is 22.8. The summed E-state index contributed by atoms with van der Waals surface area (Å²) in [6.45, 7) is 0. The van der Waals surface area contributed by atoms with Gasteiger partial charge in [0.15, 0.2) is 0 Å². The number of carboxylic acid groups (broad SMARTS) is 1. The molecule has 2 aromatic carbocycles. The van der Waals surface area contributed by atoms with Crippen LogP contribution in [0.3, 0.4) is 0 Å². The second kappa shape index (κ2) is 8.89. The predicted octanol–water partition coefficient (Wildman–Crippen LogP) is 5.03. The van der Waals surface area contributed by atoms with Gasteiger partial charge in [-0.05, 0) is 36.3 Å². The molecule has 6 nitrogen and oxygen atoms in total. The van der Waals surface area contributed by atoms with Crippen LogP contribution in [0.5, 0.6) is 17.2 Å². The molecule has 0 bridgehead atoms. The lowest BCUT2D eigenvalue weighted by Crippen LogP contribution is -2.40. The molecule has 1 aliphatic heterocycles. The van der Waals surface area contributed by atoms with Gasteiger partial charge < -0.3 is 19.3 Å². The maximum Gasteiger partial charge on any atom is 0.430 e. The molecule has 0 saturated heterocycles. The van der Waals surface area contributed by atoms with Crippen molar-refractivity contribution in [1.29, 1.82) is 0 Å². The summed E-state index contributed by atoms with van der Waals surface area (Å²) in [5, 5.41) is 9.15. The minimum atomic E-state index is -4.91. The Morgan fingerprint density at radius 3 is 2.45 bits per heavy atom. The lowest BCUT2D eigenvalue weighted by Gasteiger charge is -2.27. The van der Waals surface area contributed by atoms with E-state index in [1.807, 2.05) is 0 Å². The van der Waals surface area contributed by atoms with Gasteiger partial charge in [-0.1, -0.05) is 23.7 Å². The number of aryl methyl sites for hydroxylation is 1. The first-order valence-electron chi connectivity index (χ1n) is 8.94. The van der Waals surface area contributed by atoms with Gasteiger partial charge in [-0.25, -0.2) is 4.79 Å². The summed E-state index contributed by atoms with van der Waals surface area (Å²) < 4.78 is 54.9. The zero-order valence-corrected chi connectivity index (χ0v) is 16.8. The minimum absolute atomic E-state index is 0.0378. The van der Waals surface area contributed by atoms with Gasteiger partial charge in [-0.2, -0.15) is 13.2 Å². The van der Waals surface area contributed by atoms with Crippen molar-refractivity contribution in [2.75, 3.05) is 7.11 Å². The number of carbonyl (C=O) groups is 2. The van der Waals surface area contributed by atoms with Gasteiger partial charge in [0.1, 0.15) is 17.2 Å². The van der Waals surface area contributed by atoms with Crippen molar-refractivity contribution in [2.45, 2.75) is 25.1 Å². The quantitative estimate of drug-likeness (QED) is 0.614. The van der Waals surface area contributed by atoms with Crippen LogP contribution in [0.25, 0.3) is 6.08 Å². The van der Waals surface area contributed by atoms with E-state index in [1.54, 1.807) is 24.3 Å². The molecule has 0 saturated carbocycles. The number of hydrogen-bond acceptors (Lipinski definition) is 5. The van der Waals surface area contributed by atoms with Crippen LogP contribution in [-0.2, 0) is 20.7 Å². The van der Waals surface area contributed by atoms with Crippen molar-refractivity contribution in [3.63, 3.8) is 0 Å². The van der Waals surface area contributed by atoms with Crippen LogP contribution < -0.4 is 9.47 Å². The molecule has 1 atom stereocenters. The first-order valence-corrected chi connectivity index (χ1v) is 9.31. The monoisotopic (exact) mass is 456 g/mol. The van der Waals surface area contributed by atoms with E-state index >= 15 is 0 Å². The standard InChI is InChI=1S/C21H16ClF3O6/c1-29-18(26)7-4-11-2-5-13(6-3-11)30-17-10-16-12(9-15(17)22)8-14(20(27)28)19(31-16)21(23,24)25/h2-3,5-6,8-10,19H,4,7H2,1H3,(H,27,28). The Morgan fingerprint density at radius 2 is 1.87 bits per heavy atom. The lowest BCUT2D eigenvalue weighted by molar-refractivity contribution is -0.187. The number of alkyl halides is 3. The van der Waals surface area contributed by atoms with Crippen LogP contribution in [-0.4, -0.2) is 36.4 Å². The Labute approximate surface area is 179 Å². The van der Waals surface area contributed by atoms with Gasteiger partial charge in [0.2, 0.25) is 6.10 Å². The van der Waals surface area contributed by atoms with E-state index in [-0.39, 0.29) is 34.5 Å². The average molecular weight is 457 g/mol. The Balaban J connectivity index is 1.82. The van der Waals surface area contributed by atoms with E-state index in [2.05, 4.69) is 4.74 Å². The van der Waals surface area contributed by atoms with Crippen molar-refractivity contribution in [2.24, 2.45) is 0 Å². The summed E-state index contributed by atoms with van der Waals surface area (Å²) in [4.78, 5) is 22.4. The van der Waals surface area contributed by atoms with Crippen LogP contribution in [0.15, 0.2) is 42.0 Å². The fourth-order valence-corrected chi connectivity index (χ4v) is 3.10. The molecule has 164 valence electrons. The number of rotatable bonds is 6. The van der Waals surface area contributed by atoms with Gasteiger partial charge in [-0.15, -0.1) is 0 Å². The average Bonchev–Trinajstić information content (AvgIpc) is 2.71. The van der Waals surface area contributed by atoms with Gasteiger partial charge in [0, 0.05) is 18.1 Å². The normalized spacial score (nSPS) is 15.4. The molecular formula is C21H16ClF3O6. The van der Waals surface area contributed by atoms with Gasteiger partial charge in [-0.3, -0.25) is 4.79 Å². The summed E-state index contributed by atoms with van der Waals surface area (Å²) in [7, 11) is 1.31. The number of benzene rings is 2. The number of hydrogen-bond donors (Lipinski definition) is 1. The van der Waals surface area contributed by atoms with Gasteiger partial charge in [0.05, 0.1) is 17.7 Å². The maximum atomic E-state index is 13.2. The van der Waals surface area contributed by atoms with Crippen LogP contribution in [0, 0.1) is 0 Å². The molecule has 1 aliphatic rings. The highest BCUT2D eigenvalue weighted by atomic mass is 35.5. The minimum Gasteiger partial charge on any atom is -0.478 e. The highest BCUT2D eigenvalue weighted by Gasteiger charge is 2.48. The number of methoxy groups -OCH3 is 1. The number of ether oxygens (including phenoxy) is 3. The van der Waals surface area contributed by atoms with Crippen molar-refractivity contribution in [3.8, 4) is 17.2 Å². The SMILES string of the molecule is COC(=O)CCc1ccc(Oc2cc3c(cc2Cl)C=C(C(=O)O)C(C(F)(F)F)O3)cc1. The number of halogens is 4. The Hall–Kier alpha value is -3.20. The second-order valence-corrected chi connectivity index (χ2v) is 6.99. The van der Waals surface area contributed by atoms with Crippen LogP contribution in [0.1, 0.15) is 17.5 Å². The molecule has 1 N–H and O–H groups in total. The van der Waals surface area contributed by atoms with E-state index in [0.717, 1.165) is 11.6 Å². The fraction of sp³-hybridized carbons (Fsp3) is 0.238. The van der Waals surface area contributed by atoms with E-state index in [0.29, 0.717) is 12.2 Å². The van der Waals surface area contributed by atoms with Gasteiger partial charge in [0.25, 0.3) is 0 Å². The van der Waals surface area contributed by atoms with Crippen molar-refractivity contribution in [1.82, 2.24) is 0 Å². The van der Waals surface area contributed by atoms with E-state index in [4.69, 9.17) is 26.2 Å². The smallest absolute Gasteiger partial charge is 0.430 e. The summed E-state index contributed by atoms with van der Waals surface area (Å²) in [6.07, 6.45) is -5.96.